The molecule has 0 aliphatic carbocycles. The molecule has 100 valence electrons. The van der Waals surface area contributed by atoms with Gasteiger partial charge in [0, 0.05) is 5.56 Å². The molecule has 0 N–H and O–H groups in total. The molecule has 0 amide bonds. The predicted octanol–water partition coefficient (Wildman–Crippen LogP) is 3.52. The van der Waals surface area contributed by atoms with Crippen molar-refractivity contribution in [2.45, 2.75) is 0 Å². The van der Waals surface area contributed by atoms with Crippen LogP contribution in [-0.2, 0) is 0 Å². The van der Waals surface area contributed by atoms with Crippen LogP contribution in [0.5, 0.6) is 5.75 Å². The van der Waals surface area contributed by atoms with Crippen LogP contribution in [0.15, 0.2) is 51.7 Å². The van der Waals surface area contributed by atoms with Gasteiger partial charge in [-0.2, -0.15) is 0 Å². The van der Waals surface area contributed by atoms with Gasteiger partial charge in [-0.15, -0.1) is 0 Å². The zero-order chi connectivity index (χ0) is 14.1. The maximum atomic E-state index is 11.9. The van der Waals surface area contributed by atoms with E-state index >= 15 is 0 Å². The standard InChI is InChI=1S/C15H10ClNO3/c1-19-13-7-6-9(8-11(13)16)14-17-12-5-3-2-4-10(12)15(18)20-14/h2-8H,1H3. The van der Waals surface area contributed by atoms with Crippen molar-refractivity contribution in [2.75, 3.05) is 7.11 Å². The van der Waals surface area contributed by atoms with Gasteiger partial charge in [-0.3, -0.25) is 0 Å². The molecule has 0 atom stereocenters. The van der Waals surface area contributed by atoms with Crippen LogP contribution in [0.4, 0.5) is 0 Å². The van der Waals surface area contributed by atoms with Crippen LogP contribution in [0, 0.1) is 0 Å². The van der Waals surface area contributed by atoms with E-state index in [0.717, 1.165) is 0 Å². The fourth-order valence-corrected chi connectivity index (χ4v) is 2.20. The van der Waals surface area contributed by atoms with E-state index < -0.39 is 5.63 Å². The summed E-state index contributed by atoms with van der Waals surface area (Å²) in [6, 6.07) is 12.1. The van der Waals surface area contributed by atoms with Crippen molar-refractivity contribution in [2.24, 2.45) is 0 Å². The average molecular weight is 288 g/mol. The van der Waals surface area contributed by atoms with Gasteiger partial charge in [0.25, 0.3) is 0 Å². The SMILES string of the molecule is COc1ccc(-c2nc3ccccc3c(=O)o2)cc1Cl. The Kier molecular flexibility index (Phi) is 3.16. The van der Waals surface area contributed by atoms with E-state index in [-0.39, 0.29) is 5.89 Å². The molecule has 20 heavy (non-hydrogen) atoms. The van der Waals surface area contributed by atoms with Crippen LogP contribution in [0.25, 0.3) is 22.4 Å². The summed E-state index contributed by atoms with van der Waals surface area (Å²) in [5.74, 6) is 0.789. The molecule has 0 fully saturated rings. The minimum atomic E-state index is -0.419. The molecule has 2 aromatic carbocycles. The zero-order valence-electron chi connectivity index (χ0n) is 10.6. The Labute approximate surface area is 119 Å². The quantitative estimate of drug-likeness (QED) is 0.724. The molecule has 3 aromatic rings. The van der Waals surface area contributed by atoms with Crippen molar-refractivity contribution in [3.8, 4) is 17.2 Å². The van der Waals surface area contributed by atoms with Crippen LogP contribution >= 0.6 is 11.6 Å². The Hall–Kier alpha value is -2.33. The third-order valence-electron chi connectivity index (χ3n) is 2.93. The van der Waals surface area contributed by atoms with E-state index in [9.17, 15) is 4.79 Å². The first-order chi connectivity index (χ1) is 9.69. The summed E-state index contributed by atoms with van der Waals surface area (Å²) in [6.45, 7) is 0. The van der Waals surface area contributed by atoms with Crippen LogP contribution in [-0.4, -0.2) is 12.1 Å². The van der Waals surface area contributed by atoms with Crippen molar-refractivity contribution in [1.29, 1.82) is 0 Å². The minimum absolute atomic E-state index is 0.234. The first kappa shape index (κ1) is 12.7. The maximum Gasteiger partial charge on any atom is 0.347 e. The monoisotopic (exact) mass is 287 g/mol. The lowest BCUT2D eigenvalue weighted by atomic mass is 10.2. The van der Waals surface area contributed by atoms with Gasteiger partial charge in [-0.25, -0.2) is 9.78 Å². The van der Waals surface area contributed by atoms with Crippen molar-refractivity contribution in [1.82, 2.24) is 4.98 Å². The van der Waals surface area contributed by atoms with E-state index in [1.807, 2.05) is 6.07 Å². The van der Waals surface area contributed by atoms with Gasteiger partial charge in [-0.1, -0.05) is 23.7 Å². The van der Waals surface area contributed by atoms with Crippen molar-refractivity contribution in [3.63, 3.8) is 0 Å². The first-order valence-electron chi connectivity index (χ1n) is 5.93. The highest BCUT2D eigenvalue weighted by Gasteiger charge is 2.10. The molecule has 3 rings (SSSR count). The summed E-state index contributed by atoms with van der Waals surface area (Å²) < 4.78 is 10.3. The van der Waals surface area contributed by atoms with E-state index in [4.69, 9.17) is 20.8 Å². The molecule has 1 heterocycles. The van der Waals surface area contributed by atoms with E-state index in [2.05, 4.69) is 4.98 Å². The zero-order valence-corrected chi connectivity index (χ0v) is 11.3. The third kappa shape index (κ3) is 2.14. The number of nitrogens with zero attached hydrogens (tertiary/aromatic N) is 1. The van der Waals surface area contributed by atoms with Crippen molar-refractivity contribution >= 4 is 22.5 Å². The molecular weight excluding hydrogens is 278 g/mol. The number of rotatable bonds is 2. The second-order valence-electron chi connectivity index (χ2n) is 4.17. The molecule has 0 aliphatic heterocycles. The first-order valence-corrected chi connectivity index (χ1v) is 6.30. The Morgan fingerprint density at radius 1 is 1.20 bits per heavy atom. The smallest absolute Gasteiger partial charge is 0.347 e. The largest absolute Gasteiger partial charge is 0.495 e. The van der Waals surface area contributed by atoms with Crippen LogP contribution in [0.2, 0.25) is 5.02 Å². The number of hydrogen-bond acceptors (Lipinski definition) is 4. The van der Waals surface area contributed by atoms with Crippen LogP contribution < -0.4 is 10.4 Å². The number of methoxy groups -OCH3 is 1. The number of hydrogen-bond donors (Lipinski definition) is 0. The van der Waals surface area contributed by atoms with Crippen molar-refractivity contribution < 1.29 is 9.15 Å². The Balaban J connectivity index is 2.19. The van der Waals surface area contributed by atoms with Gasteiger partial charge < -0.3 is 9.15 Å². The number of ether oxygens (including phenoxy) is 1. The summed E-state index contributed by atoms with van der Waals surface area (Å²) in [6.07, 6.45) is 0. The number of halogens is 1. The Morgan fingerprint density at radius 2 is 2.00 bits per heavy atom. The average Bonchev–Trinajstić information content (AvgIpc) is 2.47. The second-order valence-corrected chi connectivity index (χ2v) is 4.58. The molecule has 0 spiro atoms. The molecule has 1 aromatic heterocycles. The summed E-state index contributed by atoms with van der Waals surface area (Å²) in [5.41, 5.74) is 0.793. The molecular formula is C15H10ClNO3. The van der Waals surface area contributed by atoms with Gasteiger partial charge in [-0.05, 0) is 30.3 Å². The highest BCUT2D eigenvalue weighted by molar-refractivity contribution is 6.32. The number of para-hydroxylation sites is 1. The van der Waals surface area contributed by atoms with Gasteiger partial charge in [0.2, 0.25) is 5.89 Å². The van der Waals surface area contributed by atoms with E-state index in [1.165, 1.54) is 7.11 Å². The predicted molar refractivity (Wildman–Crippen MR) is 77.3 cm³/mol. The molecule has 0 bridgehead atoms. The normalized spacial score (nSPS) is 10.7. The summed E-state index contributed by atoms with van der Waals surface area (Å²) in [4.78, 5) is 16.3. The summed E-state index contributed by atoms with van der Waals surface area (Å²) in [7, 11) is 1.54. The number of aromatic nitrogens is 1. The van der Waals surface area contributed by atoms with Gasteiger partial charge in [0.05, 0.1) is 23.0 Å². The van der Waals surface area contributed by atoms with Gasteiger partial charge in [0.1, 0.15) is 5.75 Å². The summed E-state index contributed by atoms with van der Waals surface area (Å²) in [5, 5.41) is 0.887. The van der Waals surface area contributed by atoms with Gasteiger partial charge >= 0.3 is 5.63 Å². The molecule has 0 radical (unpaired) electrons. The lowest BCUT2D eigenvalue weighted by Gasteiger charge is -2.05. The van der Waals surface area contributed by atoms with Gasteiger partial charge in [0.15, 0.2) is 0 Å². The van der Waals surface area contributed by atoms with Crippen LogP contribution in [0.3, 0.4) is 0 Å². The highest BCUT2D eigenvalue weighted by atomic mass is 35.5. The molecule has 0 aliphatic rings. The molecule has 5 heteroatoms. The van der Waals surface area contributed by atoms with E-state index in [0.29, 0.717) is 27.2 Å². The second kappa shape index (κ2) is 4.98. The Morgan fingerprint density at radius 3 is 2.75 bits per heavy atom. The topological polar surface area (TPSA) is 52.3 Å². The van der Waals surface area contributed by atoms with E-state index in [1.54, 1.807) is 36.4 Å². The lowest BCUT2D eigenvalue weighted by molar-refractivity contribution is 0.415. The molecule has 0 saturated heterocycles. The number of benzene rings is 2. The fraction of sp³-hybridized carbons (Fsp3) is 0.0667. The Bertz CT molecular complexity index is 842. The number of fused-ring (bicyclic) bond motifs is 1. The van der Waals surface area contributed by atoms with Crippen molar-refractivity contribution in [3.05, 3.63) is 57.9 Å². The molecule has 0 saturated carbocycles. The minimum Gasteiger partial charge on any atom is -0.495 e. The fourth-order valence-electron chi connectivity index (χ4n) is 1.94. The molecule has 4 nitrogen and oxygen atoms in total. The lowest BCUT2D eigenvalue weighted by Crippen LogP contribution is -2.02. The van der Waals surface area contributed by atoms with Crippen LogP contribution in [0.1, 0.15) is 0 Å². The third-order valence-corrected chi connectivity index (χ3v) is 3.23. The highest BCUT2D eigenvalue weighted by Crippen LogP contribution is 2.29. The summed E-state index contributed by atoms with van der Waals surface area (Å²) >= 11 is 6.06. The maximum absolute atomic E-state index is 11.9. The molecule has 0 unspecified atom stereocenters.